The fourth-order valence-electron chi connectivity index (χ4n) is 6.80. The predicted molar refractivity (Wildman–Crippen MR) is 164 cm³/mol. The number of aromatic amines is 1. The summed E-state index contributed by atoms with van der Waals surface area (Å²) < 4.78 is 12.2. The van der Waals surface area contributed by atoms with Crippen LogP contribution in [0.3, 0.4) is 0 Å². The number of fused-ring (bicyclic) bond motifs is 1. The molecule has 6 rings (SSSR count). The molecule has 1 spiro atoms. The molecule has 1 amide bonds. The first-order valence-electron chi connectivity index (χ1n) is 15.0. The number of ether oxygens (including phenoxy) is 2. The second-order valence-electron chi connectivity index (χ2n) is 11.6. The summed E-state index contributed by atoms with van der Waals surface area (Å²) >= 11 is 0. The molecular formula is C33H39N5O5. The molecule has 2 aromatic carbocycles. The molecule has 2 fully saturated rings. The van der Waals surface area contributed by atoms with E-state index in [2.05, 4.69) is 20.9 Å². The standard InChI is InChI=1S/C33H39N5O5/c1-42-27-13-11-26(12-14-27)38-23-36(22-24-7-5-8-25(21-24)30(39)43-2)31(40)33(38)15-19-35(20-16-33)17-6-18-37-29-10-4-3-9-28(29)34-32(37)41/h3,5,7-9,11-14,21H,4,6,10,15-20,22-23H2,1-2H3,(H,34,41). The Morgan fingerprint density at radius 2 is 1.81 bits per heavy atom. The fourth-order valence-corrected chi connectivity index (χ4v) is 6.80. The average molecular weight is 586 g/mol. The molecule has 0 unspecified atom stereocenters. The lowest BCUT2D eigenvalue weighted by atomic mass is 9.85. The van der Waals surface area contributed by atoms with E-state index in [1.54, 1.807) is 19.2 Å². The van der Waals surface area contributed by atoms with Crippen molar-refractivity contribution in [1.82, 2.24) is 19.4 Å². The smallest absolute Gasteiger partial charge is 0.337 e. The number of piperidine rings is 1. The normalized spacial score (nSPS) is 17.9. The molecule has 0 radical (unpaired) electrons. The molecule has 226 valence electrons. The van der Waals surface area contributed by atoms with E-state index in [0.29, 0.717) is 38.2 Å². The first-order chi connectivity index (χ1) is 20.9. The van der Waals surface area contributed by atoms with Gasteiger partial charge < -0.3 is 29.2 Å². The minimum atomic E-state index is -0.645. The number of nitrogens with zero attached hydrogens (tertiary/aromatic N) is 4. The van der Waals surface area contributed by atoms with Gasteiger partial charge >= 0.3 is 11.7 Å². The van der Waals surface area contributed by atoms with E-state index in [-0.39, 0.29) is 11.6 Å². The third kappa shape index (κ3) is 5.59. The van der Waals surface area contributed by atoms with Crippen LogP contribution >= 0.6 is 0 Å². The van der Waals surface area contributed by atoms with Crippen LogP contribution in [0, 0.1) is 0 Å². The zero-order valence-corrected chi connectivity index (χ0v) is 24.9. The second-order valence-corrected chi connectivity index (χ2v) is 11.6. The van der Waals surface area contributed by atoms with Crippen LogP contribution in [0.2, 0.25) is 0 Å². The molecule has 10 heteroatoms. The minimum Gasteiger partial charge on any atom is -0.497 e. The summed E-state index contributed by atoms with van der Waals surface area (Å²) in [5, 5.41) is 0. The van der Waals surface area contributed by atoms with E-state index < -0.39 is 11.5 Å². The highest BCUT2D eigenvalue weighted by Crippen LogP contribution is 2.40. The Morgan fingerprint density at radius 3 is 2.56 bits per heavy atom. The molecule has 2 aliphatic heterocycles. The van der Waals surface area contributed by atoms with Gasteiger partial charge in [-0.2, -0.15) is 0 Å². The van der Waals surface area contributed by atoms with E-state index in [4.69, 9.17) is 9.47 Å². The summed E-state index contributed by atoms with van der Waals surface area (Å²) in [5.41, 5.74) is 3.72. The van der Waals surface area contributed by atoms with Crippen LogP contribution in [-0.2, 0) is 29.0 Å². The molecule has 1 N–H and O–H groups in total. The number of anilines is 1. The van der Waals surface area contributed by atoms with E-state index >= 15 is 0 Å². The Kier molecular flexibility index (Phi) is 8.12. The number of benzene rings is 2. The van der Waals surface area contributed by atoms with Crippen LogP contribution in [0.1, 0.15) is 53.0 Å². The van der Waals surface area contributed by atoms with Crippen LogP contribution in [0.5, 0.6) is 5.75 Å². The lowest BCUT2D eigenvalue weighted by molar-refractivity contribution is -0.134. The van der Waals surface area contributed by atoms with Gasteiger partial charge in [-0.3, -0.25) is 9.36 Å². The number of aromatic nitrogens is 2. The van der Waals surface area contributed by atoms with Gasteiger partial charge in [0.2, 0.25) is 5.91 Å². The zero-order chi connectivity index (χ0) is 30.0. The van der Waals surface area contributed by atoms with Crippen molar-refractivity contribution in [2.75, 3.05) is 45.4 Å². The Hall–Kier alpha value is -4.31. The van der Waals surface area contributed by atoms with Gasteiger partial charge in [0.15, 0.2) is 0 Å². The average Bonchev–Trinajstić information content (AvgIpc) is 3.50. The van der Waals surface area contributed by atoms with E-state index in [1.165, 1.54) is 7.11 Å². The van der Waals surface area contributed by atoms with Gasteiger partial charge in [0.25, 0.3) is 0 Å². The molecule has 3 aliphatic rings. The van der Waals surface area contributed by atoms with Crippen molar-refractivity contribution < 1.29 is 19.1 Å². The Labute approximate surface area is 251 Å². The molecule has 1 aliphatic carbocycles. The van der Waals surface area contributed by atoms with Gasteiger partial charge in [-0.1, -0.05) is 18.2 Å². The molecule has 2 saturated heterocycles. The maximum absolute atomic E-state index is 14.2. The summed E-state index contributed by atoms with van der Waals surface area (Å²) in [7, 11) is 3.01. The van der Waals surface area contributed by atoms with Gasteiger partial charge in [0.05, 0.1) is 32.1 Å². The van der Waals surface area contributed by atoms with Crippen LogP contribution in [0.4, 0.5) is 5.69 Å². The molecule has 1 aromatic heterocycles. The third-order valence-electron chi connectivity index (χ3n) is 9.11. The molecule has 3 heterocycles. The summed E-state index contributed by atoms with van der Waals surface area (Å²) in [4.78, 5) is 48.4. The number of methoxy groups -OCH3 is 2. The largest absolute Gasteiger partial charge is 0.497 e. The van der Waals surface area contributed by atoms with Gasteiger partial charge in [-0.05, 0) is 86.7 Å². The number of esters is 1. The topological polar surface area (TPSA) is 100 Å². The highest BCUT2D eigenvalue weighted by atomic mass is 16.5. The van der Waals surface area contributed by atoms with E-state index in [1.807, 2.05) is 51.9 Å². The molecule has 3 aromatic rings. The van der Waals surface area contributed by atoms with Crippen LogP contribution < -0.4 is 15.3 Å². The number of amides is 1. The molecule has 43 heavy (non-hydrogen) atoms. The number of hydrogen-bond acceptors (Lipinski definition) is 7. The van der Waals surface area contributed by atoms with Crippen molar-refractivity contribution in [1.29, 1.82) is 0 Å². The van der Waals surface area contributed by atoms with Crippen molar-refractivity contribution in [3.63, 3.8) is 0 Å². The summed E-state index contributed by atoms with van der Waals surface area (Å²) in [6, 6.07) is 15.2. The monoisotopic (exact) mass is 585 g/mol. The van der Waals surface area contributed by atoms with Gasteiger partial charge in [0.1, 0.15) is 11.3 Å². The van der Waals surface area contributed by atoms with Crippen molar-refractivity contribution in [3.8, 4) is 5.75 Å². The second kappa shape index (κ2) is 12.1. The maximum atomic E-state index is 14.2. The Balaban J connectivity index is 1.16. The highest BCUT2D eigenvalue weighted by molar-refractivity contribution is 5.94. The molecule has 0 atom stereocenters. The SMILES string of the molecule is COC(=O)c1cccc(CN2CN(c3ccc(OC)cc3)C3(CCN(CCCn4c5c([nH]c4=O)C=CCC5)CC3)C2=O)c1. The van der Waals surface area contributed by atoms with Gasteiger partial charge in [-0.15, -0.1) is 0 Å². The summed E-state index contributed by atoms with van der Waals surface area (Å²) in [5.74, 6) is 0.495. The first-order valence-corrected chi connectivity index (χ1v) is 15.0. The van der Waals surface area contributed by atoms with Crippen LogP contribution in [-0.4, -0.2) is 77.3 Å². The number of carbonyl (C=O) groups is 2. The quantitative estimate of drug-likeness (QED) is 0.383. The van der Waals surface area contributed by atoms with Crippen molar-refractivity contribution in [3.05, 3.63) is 87.6 Å². The summed E-state index contributed by atoms with van der Waals surface area (Å²) in [6.45, 7) is 4.03. The highest BCUT2D eigenvalue weighted by Gasteiger charge is 2.53. The summed E-state index contributed by atoms with van der Waals surface area (Å²) in [6.07, 6.45) is 8.26. The molecular weight excluding hydrogens is 546 g/mol. The Bertz CT molecular complexity index is 1560. The number of likely N-dealkylation sites (tertiary alicyclic amines) is 1. The van der Waals surface area contributed by atoms with Crippen LogP contribution in [0.15, 0.2) is 59.4 Å². The minimum absolute atomic E-state index is 0.0296. The molecule has 10 nitrogen and oxygen atoms in total. The number of carbonyl (C=O) groups excluding carboxylic acids is 2. The lowest BCUT2D eigenvalue weighted by Gasteiger charge is -2.43. The number of rotatable bonds is 9. The number of imidazole rings is 1. The molecule has 0 saturated carbocycles. The zero-order valence-electron chi connectivity index (χ0n) is 24.9. The van der Waals surface area contributed by atoms with Crippen LogP contribution in [0.25, 0.3) is 6.08 Å². The van der Waals surface area contributed by atoms with Crippen molar-refractivity contribution >= 4 is 23.6 Å². The fraction of sp³-hybridized carbons (Fsp3) is 0.424. The first kappa shape index (κ1) is 28.8. The van der Waals surface area contributed by atoms with Gasteiger partial charge in [-0.25, -0.2) is 9.59 Å². The number of H-pyrrole nitrogens is 1. The Morgan fingerprint density at radius 1 is 1.02 bits per heavy atom. The predicted octanol–water partition coefficient (Wildman–Crippen LogP) is 3.66. The van der Waals surface area contributed by atoms with E-state index in [9.17, 15) is 14.4 Å². The number of nitrogens with one attached hydrogen (secondary N) is 1. The number of hydrogen-bond donors (Lipinski definition) is 1. The molecule has 0 bridgehead atoms. The lowest BCUT2D eigenvalue weighted by Crippen LogP contribution is -2.56. The van der Waals surface area contributed by atoms with Crippen molar-refractivity contribution in [2.45, 2.75) is 50.7 Å². The third-order valence-corrected chi connectivity index (χ3v) is 9.11. The van der Waals surface area contributed by atoms with Crippen molar-refractivity contribution in [2.24, 2.45) is 0 Å². The maximum Gasteiger partial charge on any atom is 0.337 e. The number of allylic oxidation sites excluding steroid dienone is 1. The van der Waals surface area contributed by atoms with E-state index in [0.717, 1.165) is 67.3 Å². The van der Waals surface area contributed by atoms with Gasteiger partial charge in [0, 0.05) is 37.6 Å².